The SMILES string of the molecule is CC(C)N1CCN(c2ncc(Nc3ncc(-c4cc(C(N)=O)co4)n4ncnc34)cn2)CC1. The lowest BCUT2D eigenvalue weighted by molar-refractivity contribution is 0.0999. The molecule has 12 heteroatoms. The van der Waals surface area contributed by atoms with Gasteiger partial charge in [0.25, 0.3) is 5.91 Å². The molecule has 5 heterocycles. The molecule has 4 aromatic heterocycles. The first-order valence-corrected chi connectivity index (χ1v) is 10.6. The lowest BCUT2D eigenvalue weighted by atomic mass is 10.2. The van der Waals surface area contributed by atoms with Crippen LogP contribution in [0.4, 0.5) is 17.5 Å². The Balaban J connectivity index is 1.33. The smallest absolute Gasteiger partial charge is 0.251 e. The maximum atomic E-state index is 11.4. The molecule has 12 nitrogen and oxygen atoms in total. The summed E-state index contributed by atoms with van der Waals surface area (Å²) in [7, 11) is 0. The Morgan fingerprint density at radius 1 is 1.09 bits per heavy atom. The van der Waals surface area contributed by atoms with Crippen molar-refractivity contribution in [1.29, 1.82) is 0 Å². The van der Waals surface area contributed by atoms with E-state index in [0.29, 0.717) is 40.6 Å². The molecule has 0 unspecified atom stereocenters. The van der Waals surface area contributed by atoms with Gasteiger partial charge in [-0.1, -0.05) is 0 Å². The summed E-state index contributed by atoms with van der Waals surface area (Å²) in [6.07, 6.45) is 7.75. The Bertz CT molecular complexity index is 1270. The number of fused-ring (bicyclic) bond motifs is 1. The van der Waals surface area contributed by atoms with Gasteiger partial charge in [0.2, 0.25) is 5.95 Å². The molecular weight excluding hydrogens is 424 g/mol. The second-order valence-electron chi connectivity index (χ2n) is 8.06. The third-order valence-corrected chi connectivity index (χ3v) is 5.67. The number of furan rings is 1. The average molecular weight is 448 g/mol. The van der Waals surface area contributed by atoms with Crippen LogP contribution in [0.15, 0.2) is 41.7 Å². The second-order valence-corrected chi connectivity index (χ2v) is 8.06. The molecule has 5 rings (SSSR count). The van der Waals surface area contributed by atoms with E-state index in [1.54, 1.807) is 29.2 Å². The van der Waals surface area contributed by atoms with Gasteiger partial charge in [0, 0.05) is 32.2 Å². The van der Waals surface area contributed by atoms with Crippen molar-refractivity contribution in [2.24, 2.45) is 5.73 Å². The van der Waals surface area contributed by atoms with Crippen molar-refractivity contribution in [2.75, 3.05) is 36.4 Å². The van der Waals surface area contributed by atoms with Gasteiger partial charge in [-0.05, 0) is 19.9 Å². The molecule has 1 amide bonds. The molecular formula is C21H24N10O2. The molecule has 0 aliphatic carbocycles. The highest BCUT2D eigenvalue weighted by atomic mass is 16.3. The zero-order chi connectivity index (χ0) is 22.9. The number of anilines is 3. The number of nitrogens with zero attached hydrogens (tertiary/aromatic N) is 8. The highest BCUT2D eigenvalue weighted by molar-refractivity contribution is 5.93. The number of amides is 1. The second kappa shape index (κ2) is 8.47. The van der Waals surface area contributed by atoms with Gasteiger partial charge in [0.1, 0.15) is 18.3 Å². The molecule has 170 valence electrons. The van der Waals surface area contributed by atoms with Crippen LogP contribution in [-0.2, 0) is 0 Å². The van der Waals surface area contributed by atoms with Crippen LogP contribution in [0.2, 0.25) is 0 Å². The summed E-state index contributed by atoms with van der Waals surface area (Å²) in [4.78, 5) is 33.8. The Kier molecular flexibility index (Phi) is 5.34. The van der Waals surface area contributed by atoms with E-state index >= 15 is 0 Å². The zero-order valence-electron chi connectivity index (χ0n) is 18.3. The highest BCUT2D eigenvalue weighted by Crippen LogP contribution is 2.26. The van der Waals surface area contributed by atoms with Gasteiger partial charge in [-0.2, -0.15) is 5.10 Å². The van der Waals surface area contributed by atoms with Gasteiger partial charge < -0.3 is 20.4 Å². The van der Waals surface area contributed by atoms with Crippen molar-refractivity contribution in [3.05, 3.63) is 42.8 Å². The predicted octanol–water partition coefficient (Wildman–Crippen LogP) is 1.55. The average Bonchev–Trinajstić information content (AvgIpc) is 3.51. The van der Waals surface area contributed by atoms with Crippen molar-refractivity contribution in [2.45, 2.75) is 19.9 Å². The summed E-state index contributed by atoms with van der Waals surface area (Å²) in [5, 5.41) is 7.45. The normalized spacial score (nSPS) is 14.8. The molecule has 0 saturated carbocycles. The maximum Gasteiger partial charge on any atom is 0.251 e. The first-order valence-electron chi connectivity index (χ1n) is 10.6. The Morgan fingerprint density at radius 3 is 2.52 bits per heavy atom. The van der Waals surface area contributed by atoms with Crippen LogP contribution in [0.25, 0.3) is 17.1 Å². The monoisotopic (exact) mass is 448 g/mol. The third kappa shape index (κ3) is 4.07. The Labute approximate surface area is 189 Å². The van der Waals surface area contributed by atoms with Crippen LogP contribution in [-0.4, -0.2) is 72.6 Å². The summed E-state index contributed by atoms with van der Waals surface area (Å²) in [6, 6.07) is 2.09. The fourth-order valence-electron chi connectivity index (χ4n) is 3.80. The van der Waals surface area contributed by atoms with Crippen molar-refractivity contribution in [3.63, 3.8) is 0 Å². The van der Waals surface area contributed by atoms with Crippen molar-refractivity contribution < 1.29 is 9.21 Å². The van der Waals surface area contributed by atoms with E-state index in [2.05, 4.69) is 54.0 Å². The van der Waals surface area contributed by atoms with E-state index in [1.165, 1.54) is 12.6 Å². The Hall–Kier alpha value is -4.06. The summed E-state index contributed by atoms with van der Waals surface area (Å²) in [5.41, 5.74) is 7.27. The van der Waals surface area contributed by atoms with E-state index in [1.807, 2.05) is 0 Å². The van der Waals surface area contributed by atoms with Gasteiger partial charge in [0.05, 0.1) is 29.8 Å². The van der Waals surface area contributed by atoms with Gasteiger partial charge in [-0.25, -0.2) is 24.5 Å². The highest BCUT2D eigenvalue weighted by Gasteiger charge is 2.21. The molecule has 1 fully saturated rings. The third-order valence-electron chi connectivity index (χ3n) is 5.67. The molecule has 33 heavy (non-hydrogen) atoms. The number of rotatable bonds is 6. The van der Waals surface area contributed by atoms with Gasteiger partial charge in [-0.3, -0.25) is 9.69 Å². The number of carbonyl (C=O) groups excluding carboxylic acids is 1. The number of nitrogens with one attached hydrogen (secondary N) is 1. The number of nitrogens with two attached hydrogens (primary N) is 1. The number of aromatic nitrogens is 6. The van der Waals surface area contributed by atoms with E-state index in [4.69, 9.17) is 10.2 Å². The summed E-state index contributed by atoms with van der Waals surface area (Å²) >= 11 is 0. The first kappa shape index (κ1) is 20.8. The fraction of sp³-hybridized carbons (Fsp3) is 0.333. The van der Waals surface area contributed by atoms with Crippen molar-refractivity contribution in [3.8, 4) is 11.5 Å². The largest absolute Gasteiger partial charge is 0.462 e. The maximum absolute atomic E-state index is 11.4. The number of piperazine rings is 1. The molecule has 3 N–H and O–H groups in total. The van der Waals surface area contributed by atoms with Gasteiger partial charge in [0.15, 0.2) is 17.2 Å². The van der Waals surface area contributed by atoms with Crippen molar-refractivity contribution in [1.82, 2.24) is 34.4 Å². The number of hydrogen-bond donors (Lipinski definition) is 2. The number of primary amides is 1. The lowest BCUT2D eigenvalue weighted by Crippen LogP contribution is -2.49. The molecule has 0 spiro atoms. The summed E-state index contributed by atoms with van der Waals surface area (Å²) in [6.45, 7) is 8.23. The van der Waals surface area contributed by atoms with E-state index < -0.39 is 5.91 Å². The first-order chi connectivity index (χ1) is 16.0. The minimum Gasteiger partial charge on any atom is -0.462 e. The number of hydrogen-bond acceptors (Lipinski definition) is 10. The summed E-state index contributed by atoms with van der Waals surface area (Å²) in [5.74, 6) is 1.03. The van der Waals surface area contributed by atoms with Crippen LogP contribution in [0.3, 0.4) is 0 Å². The van der Waals surface area contributed by atoms with E-state index in [-0.39, 0.29) is 5.56 Å². The molecule has 4 aromatic rings. The van der Waals surface area contributed by atoms with Crippen LogP contribution in [0.1, 0.15) is 24.2 Å². The fourth-order valence-corrected chi connectivity index (χ4v) is 3.80. The van der Waals surface area contributed by atoms with Crippen LogP contribution >= 0.6 is 0 Å². The minimum atomic E-state index is -0.573. The van der Waals surface area contributed by atoms with Crippen LogP contribution < -0.4 is 16.0 Å². The van der Waals surface area contributed by atoms with Gasteiger partial charge in [-0.15, -0.1) is 0 Å². The van der Waals surface area contributed by atoms with Crippen LogP contribution in [0, 0.1) is 0 Å². The minimum absolute atomic E-state index is 0.267. The molecule has 0 atom stereocenters. The molecule has 0 radical (unpaired) electrons. The Morgan fingerprint density at radius 2 is 1.85 bits per heavy atom. The molecule has 0 bridgehead atoms. The molecule has 0 aromatic carbocycles. The summed E-state index contributed by atoms with van der Waals surface area (Å²) < 4.78 is 7.03. The molecule has 1 aliphatic rings. The lowest BCUT2D eigenvalue weighted by Gasteiger charge is -2.36. The quantitative estimate of drug-likeness (QED) is 0.446. The predicted molar refractivity (Wildman–Crippen MR) is 121 cm³/mol. The number of carbonyl (C=O) groups is 1. The standard InChI is InChI=1S/C21H24N10O2/c1-13(2)29-3-5-30(6-4-29)21-24-8-15(9-25-21)28-19-20-26-12-27-31(20)16(10-23-19)17-7-14(11-33-17)18(22)32/h7-13H,3-6H2,1-2H3,(H2,22,32)(H,23,28). The molecule has 1 saturated heterocycles. The van der Waals surface area contributed by atoms with E-state index in [0.717, 1.165) is 26.2 Å². The topological polar surface area (TPSA) is 144 Å². The van der Waals surface area contributed by atoms with E-state index in [9.17, 15) is 4.79 Å². The van der Waals surface area contributed by atoms with Crippen molar-refractivity contribution >= 4 is 29.0 Å². The van der Waals surface area contributed by atoms with Crippen LogP contribution in [0.5, 0.6) is 0 Å². The molecule has 1 aliphatic heterocycles. The zero-order valence-corrected chi connectivity index (χ0v) is 18.3. The van der Waals surface area contributed by atoms with Gasteiger partial charge >= 0.3 is 0 Å².